The minimum atomic E-state index is -1.35. The second kappa shape index (κ2) is 11.5. The highest BCUT2D eigenvalue weighted by Gasteiger charge is 2.36. The number of hydrogen-bond acceptors (Lipinski definition) is 3. The van der Waals surface area contributed by atoms with Gasteiger partial charge in [-0.2, -0.15) is 0 Å². The van der Waals surface area contributed by atoms with Crippen molar-refractivity contribution in [3.63, 3.8) is 0 Å². The van der Waals surface area contributed by atoms with Crippen LogP contribution in [-0.4, -0.2) is 24.3 Å². The Kier molecular flexibility index (Phi) is 8.25. The summed E-state index contributed by atoms with van der Waals surface area (Å²) in [5, 5.41) is 9.77. The van der Waals surface area contributed by atoms with E-state index in [0.29, 0.717) is 24.7 Å². The lowest BCUT2D eigenvalue weighted by Crippen LogP contribution is -2.35. The van der Waals surface area contributed by atoms with Crippen molar-refractivity contribution in [2.45, 2.75) is 63.9 Å². The molecule has 0 fully saturated rings. The van der Waals surface area contributed by atoms with Gasteiger partial charge in [0.25, 0.3) is 0 Å². The van der Waals surface area contributed by atoms with Gasteiger partial charge in [-0.15, -0.1) is 0 Å². The number of aliphatic carboxylic acids is 1. The Bertz CT molecular complexity index is 1080. The van der Waals surface area contributed by atoms with Crippen LogP contribution < -0.4 is 4.74 Å². The molecule has 0 amide bonds. The van der Waals surface area contributed by atoms with Gasteiger partial charge < -0.3 is 14.6 Å². The lowest BCUT2D eigenvalue weighted by Gasteiger charge is -2.26. The number of benzene rings is 3. The maximum absolute atomic E-state index is 11.9. The van der Waals surface area contributed by atoms with Crippen LogP contribution in [0.4, 0.5) is 0 Å². The molecule has 0 radical (unpaired) electrons. The predicted molar refractivity (Wildman–Crippen MR) is 140 cm³/mol. The number of carboxylic acid groups (broad SMARTS) is 1. The van der Waals surface area contributed by atoms with Crippen molar-refractivity contribution in [3.05, 3.63) is 89.5 Å². The molecule has 0 saturated heterocycles. The molecular weight excluding hydrogens is 436 g/mol. The molecule has 4 heteroatoms. The maximum Gasteiger partial charge on any atom is 0.340 e. The molecule has 0 aliphatic heterocycles. The third-order valence-electron chi connectivity index (χ3n) is 7.07. The van der Waals surface area contributed by atoms with E-state index in [1.165, 1.54) is 22.3 Å². The molecule has 0 bridgehead atoms. The average Bonchev–Trinajstić information content (AvgIpc) is 3.20. The van der Waals surface area contributed by atoms with Gasteiger partial charge >= 0.3 is 5.97 Å². The van der Waals surface area contributed by atoms with Crippen molar-refractivity contribution in [2.24, 2.45) is 0 Å². The summed E-state index contributed by atoms with van der Waals surface area (Å²) < 4.78 is 11.8. The second-order valence-electron chi connectivity index (χ2n) is 9.49. The van der Waals surface area contributed by atoms with Crippen LogP contribution in [0, 0.1) is 0 Å². The largest absolute Gasteiger partial charge is 0.494 e. The number of rotatable bonds is 13. The highest BCUT2D eigenvalue weighted by molar-refractivity contribution is 5.79. The summed E-state index contributed by atoms with van der Waals surface area (Å²) in [6.07, 6.45) is 6.11. The van der Waals surface area contributed by atoms with Crippen LogP contribution in [-0.2, 0) is 15.1 Å². The molecule has 3 aromatic carbocycles. The third kappa shape index (κ3) is 5.59. The van der Waals surface area contributed by atoms with Crippen LogP contribution in [0.3, 0.4) is 0 Å². The fourth-order valence-electron chi connectivity index (χ4n) is 4.98. The van der Waals surface area contributed by atoms with Crippen LogP contribution in [0.5, 0.6) is 5.75 Å². The SMILES string of the molecule is CCCCCOC(C)(C(=O)O)c1ccc(OCCCCC2c3ccccc3-c3ccccc32)cc1. The molecule has 0 saturated carbocycles. The summed E-state index contributed by atoms with van der Waals surface area (Å²) in [7, 11) is 0. The molecule has 0 aromatic heterocycles. The Morgan fingerprint density at radius 3 is 2.03 bits per heavy atom. The lowest BCUT2D eigenvalue weighted by atomic mass is 9.92. The van der Waals surface area contributed by atoms with Crippen LogP contribution in [0.15, 0.2) is 72.8 Å². The van der Waals surface area contributed by atoms with Gasteiger partial charge in [0.1, 0.15) is 5.75 Å². The van der Waals surface area contributed by atoms with Crippen molar-refractivity contribution in [1.29, 1.82) is 0 Å². The molecule has 1 unspecified atom stereocenters. The van der Waals surface area contributed by atoms with E-state index < -0.39 is 11.6 Å². The zero-order chi connectivity index (χ0) is 24.7. The Balaban J connectivity index is 1.28. The summed E-state index contributed by atoms with van der Waals surface area (Å²) in [6, 6.07) is 24.8. The molecule has 3 aromatic rings. The van der Waals surface area contributed by atoms with Crippen molar-refractivity contribution in [2.75, 3.05) is 13.2 Å². The van der Waals surface area contributed by atoms with Gasteiger partial charge in [0.2, 0.25) is 0 Å². The van der Waals surface area contributed by atoms with Gasteiger partial charge in [-0.1, -0.05) is 80.4 Å². The van der Waals surface area contributed by atoms with Crippen molar-refractivity contribution < 1.29 is 19.4 Å². The fourth-order valence-corrected chi connectivity index (χ4v) is 4.98. The molecule has 4 rings (SSSR count). The number of unbranched alkanes of at least 4 members (excludes halogenated alkanes) is 3. The van der Waals surface area contributed by atoms with Crippen molar-refractivity contribution in [1.82, 2.24) is 0 Å². The summed E-state index contributed by atoms with van der Waals surface area (Å²) >= 11 is 0. The molecule has 1 N–H and O–H groups in total. The van der Waals surface area contributed by atoms with E-state index in [2.05, 4.69) is 55.5 Å². The van der Waals surface area contributed by atoms with Gasteiger partial charge in [-0.05, 0) is 72.6 Å². The van der Waals surface area contributed by atoms with E-state index in [9.17, 15) is 9.90 Å². The smallest absolute Gasteiger partial charge is 0.340 e. The summed E-state index contributed by atoms with van der Waals surface area (Å²) in [6.45, 7) is 4.81. The van der Waals surface area contributed by atoms with Gasteiger partial charge in [0, 0.05) is 12.5 Å². The minimum Gasteiger partial charge on any atom is -0.494 e. The number of ether oxygens (including phenoxy) is 2. The van der Waals surface area contributed by atoms with Crippen molar-refractivity contribution >= 4 is 5.97 Å². The topological polar surface area (TPSA) is 55.8 Å². The first-order valence-corrected chi connectivity index (χ1v) is 12.8. The van der Waals surface area contributed by atoms with E-state index in [1.54, 1.807) is 19.1 Å². The van der Waals surface area contributed by atoms with E-state index in [1.807, 2.05) is 12.1 Å². The third-order valence-corrected chi connectivity index (χ3v) is 7.07. The maximum atomic E-state index is 11.9. The van der Waals surface area contributed by atoms with E-state index in [4.69, 9.17) is 9.47 Å². The van der Waals surface area contributed by atoms with Crippen LogP contribution in [0.25, 0.3) is 11.1 Å². The average molecular weight is 473 g/mol. The number of fused-ring (bicyclic) bond motifs is 3. The fraction of sp³-hybridized carbons (Fsp3) is 0.387. The van der Waals surface area contributed by atoms with E-state index in [0.717, 1.165) is 44.3 Å². The minimum absolute atomic E-state index is 0.435. The summed E-state index contributed by atoms with van der Waals surface area (Å²) in [5.41, 5.74) is 4.89. The number of carbonyl (C=O) groups is 1. The van der Waals surface area contributed by atoms with E-state index >= 15 is 0 Å². The molecule has 1 aliphatic rings. The highest BCUT2D eigenvalue weighted by atomic mass is 16.5. The molecule has 35 heavy (non-hydrogen) atoms. The van der Waals surface area contributed by atoms with Crippen LogP contribution >= 0.6 is 0 Å². The lowest BCUT2D eigenvalue weighted by molar-refractivity contribution is -0.165. The Hall–Kier alpha value is -3.11. The molecule has 1 atom stereocenters. The summed E-state index contributed by atoms with van der Waals surface area (Å²) in [4.78, 5) is 11.9. The van der Waals surface area contributed by atoms with Crippen LogP contribution in [0.2, 0.25) is 0 Å². The van der Waals surface area contributed by atoms with Crippen molar-refractivity contribution in [3.8, 4) is 16.9 Å². The molecule has 184 valence electrons. The quantitative estimate of drug-likeness (QED) is 0.261. The molecule has 1 aliphatic carbocycles. The molecule has 0 heterocycles. The molecular formula is C31H36O4. The standard InChI is InChI=1S/C31H36O4/c1-3-4-10-22-35-31(2,30(32)33)23-17-19-24(20-18-23)34-21-11-9-16-29-27-14-7-5-12-25(27)26-13-6-8-15-28(26)29/h5-8,12-15,17-20,29H,3-4,9-11,16,21-22H2,1-2H3,(H,32,33). The normalized spacial score (nSPS) is 14.2. The number of carboxylic acids is 1. The van der Waals surface area contributed by atoms with Gasteiger partial charge in [0.15, 0.2) is 5.60 Å². The zero-order valence-corrected chi connectivity index (χ0v) is 20.8. The van der Waals surface area contributed by atoms with E-state index in [-0.39, 0.29) is 0 Å². The Labute approximate surface area is 208 Å². The first-order chi connectivity index (χ1) is 17.0. The molecule has 4 nitrogen and oxygen atoms in total. The van der Waals surface area contributed by atoms with Gasteiger partial charge in [0.05, 0.1) is 6.61 Å². The Morgan fingerprint density at radius 1 is 0.829 bits per heavy atom. The first-order valence-electron chi connectivity index (χ1n) is 12.8. The highest BCUT2D eigenvalue weighted by Crippen LogP contribution is 2.46. The van der Waals surface area contributed by atoms with Crippen LogP contribution in [0.1, 0.15) is 75.0 Å². The second-order valence-corrected chi connectivity index (χ2v) is 9.49. The summed E-state index contributed by atoms with van der Waals surface area (Å²) in [5.74, 6) is 0.231. The first kappa shape index (κ1) is 25.0. The molecule has 0 spiro atoms. The monoisotopic (exact) mass is 472 g/mol. The number of hydrogen-bond donors (Lipinski definition) is 1. The Morgan fingerprint density at radius 2 is 1.43 bits per heavy atom. The predicted octanol–water partition coefficient (Wildman–Crippen LogP) is 7.55. The zero-order valence-electron chi connectivity index (χ0n) is 20.8. The van der Waals surface area contributed by atoms with Gasteiger partial charge in [-0.25, -0.2) is 4.79 Å². The van der Waals surface area contributed by atoms with Gasteiger partial charge in [-0.3, -0.25) is 0 Å².